The number of nitrogens with zero attached hydrogens (tertiary/aromatic N) is 4. The van der Waals surface area contributed by atoms with Crippen LogP contribution in [0.3, 0.4) is 0 Å². The summed E-state index contributed by atoms with van der Waals surface area (Å²) in [6.07, 6.45) is 1.14. The molecule has 1 unspecified atom stereocenters. The summed E-state index contributed by atoms with van der Waals surface area (Å²) in [5.41, 5.74) is 2.46. The number of anilines is 1. The van der Waals surface area contributed by atoms with Crippen molar-refractivity contribution in [3.05, 3.63) is 76.5 Å². The molecular weight excluding hydrogens is 418 g/mol. The number of nitro groups is 1. The molecule has 0 spiro atoms. The minimum Gasteiger partial charge on any atom is -0.455 e. The number of furan rings is 1. The lowest BCUT2D eigenvalue weighted by Gasteiger charge is -2.16. The van der Waals surface area contributed by atoms with E-state index in [0.29, 0.717) is 33.8 Å². The second kappa shape index (κ2) is 7.73. The summed E-state index contributed by atoms with van der Waals surface area (Å²) in [6.45, 7) is 0. The highest BCUT2D eigenvalue weighted by atomic mass is 32.2. The van der Waals surface area contributed by atoms with Crippen LogP contribution in [0.2, 0.25) is 0 Å². The second-order valence-corrected chi connectivity index (χ2v) is 7.39. The number of fused-ring (bicyclic) bond motifs is 3. The van der Waals surface area contributed by atoms with Crippen molar-refractivity contribution in [1.82, 2.24) is 15.2 Å². The van der Waals surface area contributed by atoms with E-state index in [1.165, 1.54) is 17.8 Å². The van der Waals surface area contributed by atoms with Gasteiger partial charge in [0.1, 0.15) is 5.76 Å². The second-order valence-electron chi connectivity index (χ2n) is 6.62. The first-order valence-corrected chi connectivity index (χ1v) is 10.5. The first-order valence-electron chi connectivity index (χ1n) is 9.29. The number of hydrogen-bond acceptors (Lipinski definition) is 9. The van der Waals surface area contributed by atoms with Gasteiger partial charge in [0.2, 0.25) is 17.3 Å². The number of para-hydroxylation sites is 2. The Morgan fingerprint density at radius 2 is 1.81 bits per heavy atom. The maximum absolute atomic E-state index is 11.4. The molecule has 0 amide bonds. The summed E-state index contributed by atoms with van der Waals surface area (Å²) in [6, 6.07) is 17.4. The standard InChI is InChI=1S/C21H15N5O4S/c1-31-21-23-20-18(24-25-21)12-6-2-4-8-14(12)22-19(30-20)17-11-10-16(29-17)13-7-3-5-9-15(13)26(27)28/h2-11,19,22H,1H3. The van der Waals surface area contributed by atoms with Crippen LogP contribution in [-0.4, -0.2) is 26.4 Å². The van der Waals surface area contributed by atoms with Gasteiger partial charge in [-0.2, -0.15) is 4.98 Å². The molecule has 1 N–H and O–H groups in total. The highest BCUT2D eigenvalue weighted by Gasteiger charge is 2.28. The molecule has 2 aromatic carbocycles. The predicted molar refractivity (Wildman–Crippen MR) is 115 cm³/mol. The van der Waals surface area contributed by atoms with Crippen LogP contribution in [0, 0.1) is 10.1 Å². The molecule has 2 aromatic heterocycles. The molecule has 10 heteroatoms. The number of nitro benzene ring substituents is 1. The van der Waals surface area contributed by atoms with Crippen LogP contribution in [0.1, 0.15) is 12.0 Å². The predicted octanol–water partition coefficient (Wildman–Crippen LogP) is 4.93. The quantitative estimate of drug-likeness (QED) is 0.271. The van der Waals surface area contributed by atoms with Gasteiger partial charge in [-0.25, -0.2) is 0 Å². The molecule has 1 atom stereocenters. The lowest BCUT2D eigenvalue weighted by molar-refractivity contribution is -0.384. The minimum absolute atomic E-state index is 0.0320. The van der Waals surface area contributed by atoms with Crippen molar-refractivity contribution in [3.8, 4) is 28.5 Å². The third-order valence-corrected chi connectivity index (χ3v) is 5.31. The molecule has 0 aliphatic carbocycles. The van der Waals surface area contributed by atoms with Gasteiger partial charge in [-0.15, -0.1) is 10.2 Å². The smallest absolute Gasteiger partial charge is 0.280 e. The van der Waals surface area contributed by atoms with Crippen LogP contribution in [0.4, 0.5) is 11.4 Å². The number of hydrogen-bond donors (Lipinski definition) is 1. The Hall–Kier alpha value is -3.92. The Morgan fingerprint density at radius 1 is 1.03 bits per heavy atom. The Kier molecular flexibility index (Phi) is 4.75. The van der Waals surface area contributed by atoms with E-state index in [1.807, 2.05) is 30.5 Å². The molecule has 3 heterocycles. The van der Waals surface area contributed by atoms with Crippen molar-refractivity contribution in [2.75, 3.05) is 11.6 Å². The zero-order valence-electron chi connectivity index (χ0n) is 16.2. The third-order valence-electron chi connectivity index (χ3n) is 4.77. The summed E-state index contributed by atoms with van der Waals surface area (Å²) in [5.74, 6) is 1.14. The van der Waals surface area contributed by atoms with Crippen molar-refractivity contribution in [2.24, 2.45) is 0 Å². The van der Waals surface area contributed by atoms with Crippen LogP contribution in [0.25, 0.3) is 22.6 Å². The lowest BCUT2D eigenvalue weighted by atomic mass is 10.1. The first-order chi connectivity index (χ1) is 15.1. The fraction of sp³-hybridized carbons (Fsp3) is 0.0952. The number of benzene rings is 2. The van der Waals surface area contributed by atoms with Gasteiger partial charge in [0, 0.05) is 17.3 Å². The van der Waals surface area contributed by atoms with Crippen LogP contribution >= 0.6 is 11.8 Å². The normalized spacial score (nSPS) is 14.5. The van der Waals surface area contributed by atoms with Crippen LogP contribution < -0.4 is 10.1 Å². The number of thioether (sulfide) groups is 1. The van der Waals surface area contributed by atoms with Crippen molar-refractivity contribution >= 4 is 23.1 Å². The highest BCUT2D eigenvalue weighted by molar-refractivity contribution is 7.98. The Balaban J connectivity index is 1.57. The first kappa shape index (κ1) is 19.1. The van der Waals surface area contributed by atoms with Crippen LogP contribution in [0.5, 0.6) is 5.88 Å². The molecule has 0 radical (unpaired) electrons. The van der Waals surface area contributed by atoms with Gasteiger partial charge >= 0.3 is 0 Å². The maximum atomic E-state index is 11.4. The molecule has 31 heavy (non-hydrogen) atoms. The number of ether oxygens (including phenoxy) is 1. The zero-order valence-corrected chi connectivity index (χ0v) is 17.0. The third kappa shape index (κ3) is 3.46. The van der Waals surface area contributed by atoms with Crippen molar-refractivity contribution in [1.29, 1.82) is 0 Å². The van der Waals surface area contributed by atoms with Gasteiger partial charge in [-0.05, 0) is 30.5 Å². The highest BCUT2D eigenvalue weighted by Crippen LogP contribution is 2.40. The van der Waals surface area contributed by atoms with Gasteiger partial charge in [-0.1, -0.05) is 42.1 Å². The van der Waals surface area contributed by atoms with Gasteiger partial charge in [0.15, 0.2) is 11.5 Å². The van der Waals surface area contributed by atoms with E-state index in [1.54, 1.807) is 30.3 Å². The zero-order chi connectivity index (χ0) is 21.4. The molecule has 5 rings (SSSR count). The summed E-state index contributed by atoms with van der Waals surface area (Å²) < 4.78 is 12.1. The fourth-order valence-corrected chi connectivity index (χ4v) is 3.64. The van der Waals surface area contributed by atoms with Crippen molar-refractivity contribution in [2.45, 2.75) is 11.4 Å². The van der Waals surface area contributed by atoms with E-state index < -0.39 is 11.2 Å². The van der Waals surface area contributed by atoms with Gasteiger partial charge in [-0.3, -0.25) is 10.1 Å². The van der Waals surface area contributed by atoms with E-state index in [4.69, 9.17) is 9.15 Å². The molecule has 0 saturated heterocycles. The summed E-state index contributed by atoms with van der Waals surface area (Å²) in [7, 11) is 0. The largest absolute Gasteiger partial charge is 0.455 e. The SMILES string of the molecule is CSc1nnc2c(n1)OC(c1ccc(-c3ccccc3[N+](=O)[O-])o1)Nc1ccccc1-2. The van der Waals surface area contributed by atoms with E-state index >= 15 is 0 Å². The molecule has 9 nitrogen and oxygen atoms in total. The molecule has 1 aliphatic rings. The molecule has 0 fully saturated rings. The van der Waals surface area contributed by atoms with Crippen molar-refractivity contribution in [3.63, 3.8) is 0 Å². The Morgan fingerprint density at radius 3 is 2.61 bits per heavy atom. The van der Waals surface area contributed by atoms with E-state index in [9.17, 15) is 10.1 Å². The van der Waals surface area contributed by atoms with Crippen molar-refractivity contribution < 1.29 is 14.1 Å². The Labute approximate surface area is 180 Å². The molecule has 0 bridgehead atoms. The number of aromatic nitrogens is 3. The molecule has 1 aliphatic heterocycles. The average Bonchev–Trinajstić information content (AvgIpc) is 3.23. The monoisotopic (exact) mass is 433 g/mol. The van der Waals surface area contributed by atoms with Gasteiger partial charge in [0.05, 0.1) is 10.5 Å². The van der Waals surface area contributed by atoms with E-state index in [2.05, 4.69) is 20.5 Å². The van der Waals surface area contributed by atoms with E-state index in [0.717, 1.165) is 11.3 Å². The average molecular weight is 433 g/mol. The van der Waals surface area contributed by atoms with Gasteiger partial charge < -0.3 is 14.5 Å². The van der Waals surface area contributed by atoms with Crippen LogP contribution in [-0.2, 0) is 0 Å². The lowest BCUT2D eigenvalue weighted by Crippen LogP contribution is -2.16. The maximum Gasteiger partial charge on any atom is 0.280 e. The Bertz CT molecular complexity index is 1290. The van der Waals surface area contributed by atoms with Crippen LogP contribution in [0.15, 0.2) is 70.2 Å². The molecule has 4 aromatic rings. The van der Waals surface area contributed by atoms with E-state index in [-0.39, 0.29) is 5.69 Å². The minimum atomic E-state index is -0.717. The fourth-order valence-electron chi connectivity index (χ4n) is 3.34. The topological polar surface area (TPSA) is 116 Å². The summed E-state index contributed by atoms with van der Waals surface area (Å²) in [4.78, 5) is 15.4. The summed E-state index contributed by atoms with van der Waals surface area (Å²) in [5, 5.41) is 23.6. The number of rotatable bonds is 4. The van der Waals surface area contributed by atoms with Gasteiger partial charge in [0.25, 0.3) is 5.69 Å². The molecule has 154 valence electrons. The molecular formula is C21H15N5O4S. The summed E-state index contributed by atoms with van der Waals surface area (Å²) >= 11 is 1.36. The number of nitrogens with one attached hydrogen (secondary N) is 1. The molecule has 0 saturated carbocycles.